The summed E-state index contributed by atoms with van der Waals surface area (Å²) < 4.78 is 5.69. The van der Waals surface area contributed by atoms with Gasteiger partial charge in [0.2, 0.25) is 11.8 Å². The third-order valence-corrected chi connectivity index (χ3v) is 6.53. The van der Waals surface area contributed by atoms with Gasteiger partial charge < -0.3 is 15.4 Å². The molecule has 1 heterocycles. The monoisotopic (exact) mass is 438 g/mol. The molecule has 32 heavy (non-hydrogen) atoms. The number of rotatable bonds is 9. The van der Waals surface area contributed by atoms with E-state index in [-0.39, 0.29) is 41.6 Å². The lowest BCUT2D eigenvalue weighted by atomic mass is 9.85. The van der Waals surface area contributed by atoms with E-state index >= 15 is 0 Å². The summed E-state index contributed by atoms with van der Waals surface area (Å²) in [7, 11) is 0. The molecule has 1 aromatic carbocycles. The van der Waals surface area contributed by atoms with Gasteiger partial charge in [-0.15, -0.1) is 0 Å². The van der Waals surface area contributed by atoms with Crippen LogP contribution >= 0.6 is 0 Å². The number of hydrogen-bond acceptors (Lipinski definition) is 4. The molecule has 4 unspecified atom stereocenters. The lowest BCUT2D eigenvalue weighted by molar-refractivity contribution is -0.140. The molecule has 1 saturated heterocycles. The van der Waals surface area contributed by atoms with E-state index in [4.69, 9.17) is 4.74 Å². The highest BCUT2D eigenvalue weighted by molar-refractivity contribution is 6.06. The Hall–Kier alpha value is -2.67. The molecule has 7 heteroatoms. The van der Waals surface area contributed by atoms with Crippen molar-refractivity contribution in [1.82, 2.24) is 15.5 Å². The van der Waals surface area contributed by atoms with Crippen molar-refractivity contribution in [2.24, 2.45) is 28.7 Å². The van der Waals surface area contributed by atoms with E-state index < -0.39 is 0 Å². The van der Waals surface area contributed by atoms with Crippen molar-refractivity contribution in [3.8, 4) is 0 Å². The SMILES string of the molecule is CCNC(=NCc1cccc(COC(C)C)c1)NCCN1C(=O)C2C3C=CC(C3)C2C1=O. The number of hydrogen-bond donors (Lipinski definition) is 2. The molecule has 4 rings (SSSR count). The summed E-state index contributed by atoms with van der Waals surface area (Å²) in [5.74, 6) is 0.914. The van der Waals surface area contributed by atoms with Crippen molar-refractivity contribution >= 4 is 17.8 Å². The first kappa shape index (κ1) is 22.5. The van der Waals surface area contributed by atoms with Crippen molar-refractivity contribution in [1.29, 1.82) is 0 Å². The Morgan fingerprint density at radius 2 is 1.81 bits per heavy atom. The zero-order chi connectivity index (χ0) is 22.7. The van der Waals surface area contributed by atoms with Crippen molar-refractivity contribution in [2.75, 3.05) is 19.6 Å². The number of nitrogens with zero attached hydrogens (tertiary/aromatic N) is 2. The third-order valence-electron chi connectivity index (χ3n) is 6.53. The Morgan fingerprint density at radius 3 is 2.47 bits per heavy atom. The number of nitrogens with one attached hydrogen (secondary N) is 2. The number of benzene rings is 1. The maximum absolute atomic E-state index is 12.8. The highest BCUT2D eigenvalue weighted by atomic mass is 16.5. The maximum Gasteiger partial charge on any atom is 0.233 e. The van der Waals surface area contributed by atoms with E-state index in [1.807, 2.05) is 26.8 Å². The molecule has 3 aliphatic rings. The van der Waals surface area contributed by atoms with Crippen LogP contribution in [0.3, 0.4) is 0 Å². The fourth-order valence-corrected chi connectivity index (χ4v) is 5.06. The van der Waals surface area contributed by atoms with Crippen LogP contribution in [0, 0.1) is 23.7 Å². The Labute approximate surface area is 190 Å². The molecule has 7 nitrogen and oxygen atoms in total. The number of amides is 2. The smallest absolute Gasteiger partial charge is 0.233 e. The van der Waals surface area contributed by atoms with Crippen molar-refractivity contribution in [2.45, 2.75) is 46.4 Å². The van der Waals surface area contributed by atoms with Gasteiger partial charge in [0.05, 0.1) is 31.1 Å². The number of fused-ring (bicyclic) bond motifs is 5. The number of ether oxygens (including phenoxy) is 1. The van der Waals surface area contributed by atoms with Crippen molar-refractivity contribution < 1.29 is 14.3 Å². The lowest BCUT2D eigenvalue weighted by Gasteiger charge is -2.18. The van der Waals surface area contributed by atoms with Crippen LogP contribution in [0.15, 0.2) is 41.4 Å². The van der Waals surface area contributed by atoms with E-state index in [1.165, 1.54) is 4.90 Å². The number of allylic oxidation sites excluding steroid dienone is 2. The van der Waals surface area contributed by atoms with Crippen molar-refractivity contribution in [3.63, 3.8) is 0 Å². The molecule has 2 amide bonds. The first-order valence-corrected chi connectivity index (χ1v) is 11.7. The first-order chi connectivity index (χ1) is 15.5. The van der Waals surface area contributed by atoms with E-state index in [0.717, 1.165) is 24.1 Å². The molecule has 1 aliphatic heterocycles. The molecule has 2 bridgehead atoms. The molecular formula is C25H34N4O3. The van der Waals surface area contributed by atoms with Crippen LogP contribution < -0.4 is 10.6 Å². The molecule has 2 aliphatic carbocycles. The Morgan fingerprint density at radius 1 is 1.12 bits per heavy atom. The third kappa shape index (κ3) is 4.72. The predicted octanol–water partition coefficient (Wildman–Crippen LogP) is 2.47. The van der Waals surface area contributed by atoms with E-state index in [2.05, 4.69) is 46.0 Å². The zero-order valence-corrected chi connectivity index (χ0v) is 19.2. The average Bonchev–Trinajstić information content (AvgIpc) is 3.46. The summed E-state index contributed by atoms with van der Waals surface area (Å²) in [4.78, 5) is 31.8. The van der Waals surface area contributed by atoms with E-state index in [9.17, 15) is 9.59 Å². The van der Waals surface area contributed by atoms with Crippen LogP contribution in [0.4, 0.5) is 0 Å². The highest BCUT2D eigenvalue weighted by Crippen LogP contribution is 2.52. The molecule has 1 saturated carbocycles. The summed E-state index contributed by atoms with van der Waals surface area (Å²) in [5.41, 5.74) is 2.23. The zero-order valence-electron chi connectivity index (χ0n) is 19.2. The van der Waals surface area contributed by atoms with Gasteiger partial charge in [0.1, 0.15) is 0 Å². The average molecular weight is 439 g/mol. The summed E-state index contributed by atoms with van der Waals surface area (Å²) in [6.07, 6.45) is 5.40. The number of likely N-dealkylation sites (tertiary alicyclic amines) is 1. The molecular weight excluding hydrogens is 404 g/mol. The van der Waals surface area contributed by atoms with Crippen LogP contribution in [-0.4, -0.2) is 48.4 Å². The normalized spacial score (nSPS) is 26.4. The number of imide groups is 1. The molecule has 1 aromatic rings. The van der Waals surface area contributed by atoms with Gasteiger partial charge in [0.25, 0.3) is 0 Å². The first-order valence-electron chi connectivity index (χ1n) is 11.7. The molecule has 4 atom stereocenters. The minimum Gasteiger partial charge on any atom is -0.374 e. The fraction of sp³-hybridized carbons (Fsp3) is 0.560. The van der Waals surface area contributed by atoms with Gasteiger partial charge in [-0.05, 0) is 50.2 Å². The summed E-state index contributed by atoms with van der Waals surface area (Å²) in [6.45, 7) is 8.77. The van der Waals surface area contributed by atoms with E-state index in [0.29, 0.717) is 32.2 Å². The summed E-state index contributed by atoms with van der Waals surface area (Å²) >= 11 is 0. The quantitative estimate of drug-likeness (QED) is 0.268. The van der Waals surface area contributed by atoms with Gasteiger partial charge in [-0.2, -0.15) is 0 Å². The van der Waals surface area contributed by atoms with Crippen LogP contribution in [0.25, 0.3) is 0 Å². The van der Waals surface area contributed by atoms with Crippen LogP contribution in [-0.2, 0) is 27.5 Å². The van der Waals surface area contributed by atoms with Gasteiger partial charge in [-0.25, -0.2) is 4.99 Å². The van der Waals surface area contributed by atoms with Gasteiger partial charge >= 0.3 is 0 Å². The van der Waals surface area contributed by atoms with Crippen LogP contribution in [0.5, 0.6) is 0 Å². The molecule has 172 valence electrons. The number of guanidine groups is 1. The topological polar surface area (TPSA) is 83.0 Å². The Kier molecular flexibility index (Phi) is 6.94. The van der Waals surface area contributed by atoms with Gasteiger partial charge in [0, 0.05) is 19.6 Å². The number of carbonyl (C=O) groups is 2. The Bertz CT molecular complexity index is 880. The molecule has 2 fully saturated rings. The van der Waals surface area contributed by atoms with Crippen LogP contribution in [0.1, 0.15) is 38.3 Å². The molecule has 2 N–H and O–H groups in total. The number of aliphatic imine (C=N–C) groups is 1. The molecule has 0 aromatic heterocycles. The second-order valence-electron chi connectivity index (χ2n) is 9.13. The Balaban J connectivity index is 1.30. The summed E-state index contributed by atoms with van der Waals surface area (Å²) in [6, 6.07) is 8.24. The second kappa shape index (κ2) is 9.86. The minimum absolute atomic E-state index is 0.000945. The largest absolute Gasteiger partial charge is 0.374 e. The van der Waals surface area contributed by atoms with Gasteiger partial charge in [-0.1, -0.05) is 36.4 Å². The highest BCUT2D eigenvalue weighted by Gasteiger charge is 2.58. The van der Waals surface area contributed by atoms with Crippen LogP contribution in [0.2, 0.25) is 0 Å². The lowest BCUT2D eigenvalue weighted by Crippen LogP contribution is -2.43. The fourth-order valence-electron chi connectivity index (χ4n) is 5.06. The molecule has 0 spiro atoms. The predicted molar refractivity (Wildman–Crippen MR) is 124 cm³/mol. The van der Waals surface area contributed by atoms with E-state index in [1.54, 1.807) is 0 Å². The second-order valence-corrected chi connectivity index (χ2v) is 9.13. The maximum atomic E-state index is 12.8. The standard InChI is InChI=1S/C25H34N4O3/c1-4-26-25(28-14-17-6-5-7-18(12-17)15-32-16(2)3)27-10-11-29-23(30)21-19-8-9-20(13-19)22(21)24(29)31/h5-9,12,16,19-22H,4,10-11,13-15H2,1-3H3,(H2,26,27,28). The van der Waals surface area contributed by atoms with Crippen molar-refractivity contribution in [3.05, 3.63) is 47.5 Å². The minimum atomic E-state index is -0.133. The number of carbonyl (C=O) groups excluding carboxylic acids is 2. The van der Waals surface area contributed by atoms with Gasteiger partial charge in [0.15, 0.2) is 5.96 Å². The van der Waals surface area contributed by atoms with Gasteiger partial charge in [-0.3, -0.25) is 14.5 Å². The molecule has 0 radical (unpaired) electrons. The summed E-state index contributed by atoms with van der Waals surface area (Å²) in [5, 5.41) is 6.51.